The first-order valence-electron chi connectivity index (χ1n) is 9.46. The van der Waals surface area contributed by atoms with Crippen molar-refractivity contribution in [3.05, 3.63) is 34.9 Å². The van der Waals surface area contributed by atoms with Crippen LogP contribution in [0, 0.1) is 5.41 Å². The second kappa shape index (κ2) is 6.68. The minimum absolute atomic E-state index is 0.199. The number of benzene rings is 1. The van der Waals surface area contributed by atoms with Crippen molar-refractivity contribution in [2.45, 2.75) is 63.5 Å². The minimum atomic E-state index is -0.199. The van der Waals surface area contributed by atoms with Gasteiger partial charge < -0.3 is 10.2 Å². The summed E-state index contributed by atoms with van der Waals surface area (Å²) in [7, 11) is 0. The molecule has 4 rings (SSSR count). The van der Waals surface area contributed by atoms with Crippen molar-refractivity contribution in [3.8, 4) is 0 Å². The van der Waals surface area contributed by atoms with Gasteiger partial charge in [0.25, 0.3) is 0 Å². The summed E-state index contributed by atoms with van der Waals surface area (Å²) in [5.41, 5.74) is 1.01. The molecule has 2 heterocycles. The van der Waals surface area contributed by atoms with Crippen LogP contribution in [0.4, 0.5) is 0 Å². The van der Waals surface area contributed by atoms with E-state index in [0.717, 1.165) is 50.2 Å². The monoisotopic (exact) mass is 346 g/mol. The summed E-state index contributed by atoms with van der Waals surface area (Å²) in [4.78, 5) is 16.0. The molecule has 4 heteroatoms. The van der Waals surface area contributed by atoms with Crippen LogP contribution < -0.4 is 5.32 Å². The number of amides is 1. The molecule has 3 nitrogen and oxygen atoms in total. The number of hydrogen-bond donors (Lipinski definition) is 1. The number of nitrogens with one attached hydrogen (secondary N) is 1. The average Bonchev–Trinajstić information content (AvgIpc) is 3.11. The van der Waals surface area contributed by atoms with Crippen LogP contribution in [0.3, 0.4) is 0 Å². The summed E-state index contributed by atoms with van der Waals surface area (Å²) in [5, 5.41) is 4.28. The molecular weight excluding hydrogens is 320 g/mol. The van der Waals surface area contributed by atoms with E-state index < -0.39 is 0 Å². The van der Waals surface area contributed by atoms with Crippen LogP contribution >= 0.6 is 11.6 Å². The van der Waals surface area contributed by atoms with Crippen LogP contribution in [0.15, 0.2) is 24.3 Å². The Labute approximate surface area is 149 Å². The zero-order valence-corrected chi connectivity index (χ0v) is 15.0. The van der Waals surface area contributed by atoms with Crippen LogP contribution in [0.5, 0.6) is 0 Å². The average molecular weight is 347 g/mol. The van der Waals surface area contributed by atoms with Gasteiger partial charge in [0.15, 0.2) is 0 Å². The van der Waals surface area contributed by atoms with Crippen molar-refractivity contribution < 1.29 is 4.79 Å². The highest BCUT2D eigenvalue weighted by atomic mass is 35.5. The third-order valence-electron chi connectivity index (χ3n) is 6.33. The summed E-state index contributed by atoms with van der Waals surface area (Å²) < 4.78 is 0. The first kappa shape index (κ1) is 16.4. The van der Waals surface area contributed by atoms with Crippen molar-refractivity contribution >= 4 is 17.5 Å². The fourth-order valence-electron chi connectivity index (χ4n) is 5.14. The summed E-state index contributed by atoms with van der Waals surface area (Å²) >= 11 is 6.18. The maximum Gasteiger partial charge on any atom is 0.229 e. The van der Waals surface area contributed by atoms with Crippen molar-refractivity contribution in [2.75, 3.05) is 13.1 Å². The summed E-state index contributed by atoms with van der Waals surface area (Å²) in [6.07, 6.45) is 8.71. The van der Waals surface area contributed by atoms with E-state index >= 15 is 0 Å². The second-order valence-electron chi connectivity index (χ2n) is 7.88. The van der Waals surface area contributed by atoms with Crippen LogP contribution in [-0.4, -0.2) is 36.0 Å². The number of fused-ring (bicyclic) bond motifs is 2. The number of halogens is 1. The molecule has 0 aromatic heterocycles. The molecule has 1 N–H and O–H groups in total. The van der Waals surface area contributed by atoms with Gasteiger partial charge in [0, 0.05) is 23.7 Å². The molecule has 3 fully saturated rings. The van der Waals surface area contributed by atoms with E-state index in [9.17, 15) is 4.79 Å². The Morgan fingerprint density at radius 3 is 2.79 bits per heavy atom. The van der Waals surface area contributed by atoms with Gasteiger partial charge in [-0.1, -0.05) is 36.6 Å². The second-order valence-corrected chi connectivity index (χ2v) is 8.32. The molecule has 2 saturated heterocycles. The van der Waals surface area contributed by atoms with Crippen molar-refractivity contribution in [1.82, 2.24) is 10.2 Å². The van der Waals surface area contributed by atoms with Crippen LogP contribution in [0.25, 0.3) is 0 Å². The Bertz CT molecular complexity index is 597. The lowest BCUT2D eigenvalue weighted by Crippen LogP contribution is -2.50. The molecule has 2 unspecified atom stereocenters. The lowest BCUT2D eigenvalue weighted by molar-refractivity contribution is -0.144. The lowest BCUT2D eigenvalue weighted by Gasteiger charge is -2.37. The molecular formula is C20H27ClN2O. The molecule has 2 atom stereocenters. The van der Waals surface area contributed by atoms with E-state index in [-0.39, 0.29) is 5.41 Å². The Morgan fingerprint density at radius 1 is 1.21 bits per heavy atom. The fraction of sp³-hybridized carbons (Fsp3) is 0.650. The zero-order valence-electron chi connectivity index (χ0n) is 14.3. The maximum absolute atomic E-state index is 13.7. The normalized spacial score (nSPS) is 28.8. The third-order valence-corrected chi connectivity index (χ3v) is 6.57. The van der Waals surface area contributed by atoms with Gasteiger partial charge in [0.05, 0.1) is 5.41 Å². The summed E-state index contributed by atoms with van der Waals surface area (Å²) in [6.45, 7) is 2.02. The van der Waals surface area contributed by atoms with Gasteiger partial charge in [0.1, 0.15) is 0 Å². The van der Waals surface area contributed by atoms with E-state index in [0.29, 0.717) is 18.0 Å². The quantitative estimate of drug-likeness (QED) is 0.903. The van der Waals surface area contributed by atoms with Crippen molar-refractivity contribution in [2.24, 2.45) is 5.41 Å². The Kier molecular flexibility index (Phi) is 4.57. The van der Waals surface area contributed by atoms with Crippen molar-refractivity contribution in [1.29, 1.82) is 0 Å². The van der Waals surface area contributed by atoms with Gasteiger partial charge in [-0.2, -0.15) is 0 Å². The van der Waals surface area contributed by atoms with E-state index in [4.69, 9.17) is 11.6 Å². The lowest BCUT2D eigenvalue weighted by atomic mass is 9.78. The molecule has 1 saturated carbocycles. The molecule has 1 aliphatic carbocycles. The molecule has 0 spiro atoms. The maximum atomic E-state index is 13.7. The molecule has 24 heavy (non-hydrogen) atoms. The smallest absolute Gasteiger partial charge is 0.229 e. The van der Waals surface area contributed by atoms with E-state index in [1.165, 1.54) is 24.8 Å². The van der Waals surface area contributed by atoms with Crippen LogP contribution in [-0.2, 0) is 11.2 Å². The highest BCUT2D eigenvalue weighted by Crippen LogP contribution is 2.45. The molecule has 0 radical (unpaired) electrons. The molecule has 1 aromatic carbocycles. The molecule has 1 amide bonds. The topological polar surface area (TPSA) is 32.3 Å². The van der Waals surface area contributed by atoms with E-state index in [2.05, 4.69) is 16.3 Å². The van der Waals surface area contributed by atoms with Gasteiger partial charge in [0.2, 0.25) is 5.91 Å². The molecule has 2 aliphatic heterocycles. The standard InChI is InChI=1S/C20H27ClN2O/c21-16-5-3-4-15(12-16)13-20(9-1-2-10-20)19(24)23-17-6-7-18(23)14-22-11-8-17/h3-5,12,17-18,22H,1-2,6-11,13-14H2. The molecule has 2 bridgehead atoms. The highest BCUT2D eigenvalue weighted by Gasteiger charge is 2.48. The molecule has 130 valence electrons. The Hall–Kier alpha value is -1.06. The molecule has 1 aromatic rings. The van der Waals surface area contributed by atoms with Gasteiger partial charge in [-0.3, -0.25) is 4.79 Å². The van der Waals surface area contributed by atoms with Gasteiger partial charge in [-0.25, -0.2) is 0 Å². The van der Waals surface area contributed by atoms with Gasteiger partial charge in [-0.15, -0.1) is 0 Å². The summed E-state index contributed by atoms with van der Waals surface area (Å²) in [5.74, 6) is 0.427. The first-order chi connectivity index (χ1) is 11.7. The number of rotatable bonds is 3. The van der Waals surface area contributed by atoms with E-state index in [1.807, 2.05) is 18.2 Å². The minimum Gasteiger partial charge on any atom is -0.335 e. The summed E-state index contributed by atoms with van der Waals surface area (Å²) in [6, 6.07) is 8.93. The van der Waals surface area contributed by atoms with Gasteiger partial charge in [-0.05, 0) is 62.8 Å². The first-order valence-corrected chi connectivity index (χ1v) is 9.84. The number of carbonyl (C=O) groups excluding carboxylic acids is 1. The zero-order chi connectivity index (χ0) is 16.6. The SMILES string of the molecule is O=C(N1C2CCNCC1CC2)C1(Cc2cccc(Cl)c2)CCCC1. The number of hydrogen-bond acceptors (Lipinski definition) is 2. The third kappa shape index (κ3) is 2.97. The van der Waals surface area contributed by atoms with Gasteiger partial charge >= 0.3 is 0 Å². The number of carbonyl (C=O) groups is 1. The Morgan fingerprint density at radius 2 is 2.00 bits per heavy atom. The Balaban J connectivity index is 1.61. The fourth-order valence-corrected chi connectivity index (χ4v) is 5.36. The van der Waals surface area contributed by atoms with Crippen molar-refractivity contribution in [3.63, 3.8) is 0 Å². The van der Waals surface area contributed by atoms with Crippen LogP contribution in [0.1, 0.15) is 50.5 Å². The number of nitrogens with zero attached hydrogens (tertiary/aromatic N) is 1. The van der Waals surface area contributed by atoms with Crippen LogP contribution in [0.2, 0.25) is 5.02 Å². The largest absolute Gasteiger partial charge is 0.335 e. The molecule has 3 aliphatic rings. The van der Waals surface area contributed by atoms with E-state index in [1.54, 1.807) is 0 Å². The predicted octanol–water partition coefficient (Wildman–Crippen LogP) is 3.80. The predicted molar refractivity (Wildman–Crippen MR) is 97.2 cm³/mol. The highest BCUT2D eigenvalue weighted by molar-refractivity contribution is 6.30.